The summed E-state index contributed by atoms with van der Waals surface area (Å²) in [5.74, 6) is -3.17. The lowest BCUT2D eigenvalue weighted by molar-refractivity contribution is -0.525. The molecule has 40 heavy (non-hydrogen) atoms. The number of anilines is 1. The highest BCUT2D eigenvalue weighted by Crippen LogP contribution is 2.39. The van der Waals surface area contributed by atoms with Crippen molar-refractivity contribution in [2.75, 3.05) is 70.7 Å². The topological polar surface area (TPSA) is 160 Å². The predicted octanol–water partition coefficient (Wildman–Crippen LogP) is 1.44. The van der Waals surface area contributed by atoms with Crippen molar-refractivity contribution in [1.82, 2.24) is 0 Å². The molecule has 1 aromatic rings. The van der Waals surface area contributed by atoms with E-state index in [2.05, 4.69) is 0 Å². The van der Waals surface area contributed by atoms with Crippen molar-refractivity contribution in [2.45, 2.75) is 13.8 Å². The van der Waals surface area contributed by atoms with Crippen molar-refractivity contribution in [3.8, 4) is 5.75 Å². The Balaban J connectivity index is 1.92. The highest BCUT2D eigenvalue weighted by molar-refractivity contribution is 6.63. The number of aromatic hydroxyl groups is 1. The Morgan fingerprint density at radius 3 is 2.15 bits per heavy atom. The fourth-order valence-electron chi connectivity index (χ4n) is 4.55. The van der Waals surface area contributed by atoms with E-state index in [-0.39, 0.29) is 60.2 Å². The second kappa shape index (κ2) is 14.6. The molecule has 0 heterocycles. The Kier molecular flexibility index (Phi) is 11.2. The minimum Gasteiger partial charge on any atom is -0.507 e. The van der Waals surface area contributed by atoms with E-state index in [9.17, 15) is 24.9 Å². The molecular formula is C29H37N2O9+. The number of carbonyl (C=O) groups excluding carboxylic acids is 2. The number of benzene rings is 1. The lowest BCUT2D eigenvalue weighted by Crippen LogP contribution is -2.27. The monoisotopic (exact) mass is 557 g/mol. The van der Waals surface area contributed by atoms with E-state index in [4.69, 9.17) is 19.7 Å². The molecule has 0 aromatic heterocycles. The van der Waals surface area contributed by atoms with Crippen LogP contribution in [0.5, 0.6) is 5.75 Å². The van der Waals surface area contributed by atoms with E-state index in [1.54, 1.807) is 12.1 Å². The van der Waals surface area contributed by atoms with Gasteiger partial charge in [0.05, 0.1) is 50.3 Å². The molecule has 0 fully saturated rings. The van der Waals surface area contributed by atoms with E-state index in [1.165, 1.54) is 24.3 Å². The molecule has 0 amide bonds. The number of likely N-dealkylation sites (N-methyl/N-ethyl adjacent to an activating group) is 2. The summed E-state index contributed by atoms with van der Waals surface area (Å²) in [5, 5.41) is 50.3. The van der Waals surface area contributed by atoms with Crippen LogP contribution >= 0.6 is 0 Å². The summed E-state index contributed by atoms with van der Waals surface area (Å²) in [6.45, 7) is 7.07. The molecule has 11 nitrogen and oxygen atoms in total. The molecule has 1 aromatic carbocycles. The Labute approximate surface area is 232 Å². The maximum absolute atomic E-state index is 13.0. The SMILES string of the molecule is CCN(CCOCCO)c1ccc(C2=C(O)/C(=C3C=C/C(=[N+](\CC)CCOCCO)C=C\3O)C(=O)C2=O)c(O)c1. The Bertz CT molecular complexity index is 1270. The van der Waals surface area contributed by atoms with Crippen LogP contribution in [-0.2, 0) is 19.1 Å². The van der Waals surface area contributed by atoms with Crippen LogP contribution < -0.4 is 4.90 Å². The summed E-state index contributed by atoms with van der Waals surface area (Å²) >= 11 is 0. The minimum absolute atomic E-state index is 0.00155. The average molecular weight is 558 g/mol. The van der Waals surface area contributed by atoms with E-state index in [1.807, 2.05) is 23.3 Å². The van der Waals surface area contributed by atoms with Crippen LogP contribution in [0.15, 0.2) is 59.1 Å². The van der Waals surface area contributed by atoms with Gasteiger partial charge in [0.15, 0.2) is 6.54 Å². The summed E-state index contributed by atoms with van der Waals surface area (Å²) in [4.78, 5) is 27.9. The lowest BCUT2D eigenvalue weighted by Gasteiger charge is -2.23. The van der Waals surface area contributed by atoms with Gasteiger partial charge in [-0.3, -0.25) is 9.59 Å². The second-order valence-corrected chi connectivity index (χ2v) is 8.99. The number of hydrogen-bond donors (Lipinski definition) is 5. The molecule has 0 spiro atoms. The molecule has 3 rings (SSSR count). The van der Waals surface area contributed by atoms with Crippen molar-refractivity contribution >= 4 is 28.5 Å². The van der Waals surface area contributed by atoms with E-state index in [0.717, 1.165) is 0 Å². The van der Waals surface area contributed by atoms with Crippen molar-refractivity contribution in [3.05, 3.63) is 64.7 Å². The number of hydrogen-bond acceptors (Lipinski definition) is 10. The zero-order valence-corrected chi connectivity index (χ0v) is 22.8. The van der Waals surface area contributed by atoms with Crippen LogP contribution in [0.4, 0.5) is 5.69 Å². The average Bonchev–Trinajstić information content (AvgIpc) is 3.16. The summed E-state index contributed by atoms with van der Waals surface area (Å²) in [7, 11) is 0. The first-order chi connectivity index (χ1) is 19.3. The molecule has 5 N–H and O–H groups in total. The number of rotatable bonds is 14. The number of carbonyl (C=O) groups is 2. The van der Waals surface area contributed by atoms with Gasteiger partial charge in [0.25, 0.3) is 0 Å². The van der Waals surface area contributed by atoms with Gasteiger partial charge in [0.2, 0.25) is 17.3 Å². The van der Waals surface area contributed by atoms with Crippen molar-refractivity contribution < 1.29 is 49.2 Å². The number of ketones is 2. The van der Waals surface area contributed by atoms with Gasteiger partial charge in [-0.1, -0.05) is 0 Å². The Morgan fingerprint density at radius 2 is 1.55 bits per heavy atom. The molecule has 11 heteroatoms. The second-order valence-electron chi connectivity index (χ2n) is 8.99. The van der Waals surface area contributed by atoms with Crippen molar-refractivity contribution in [3.63, 3.8) is 0 Å². The predicted molar refractivity (Wildman–Crippen MR) is 149 cm³/mol. The molecule has 0 atom stereocenters. The van der Waals surface area contributed by atoms with E-state index < -0.39 is 17.3 Å². The number of Topliss-reactive ketones (excluding diaryl/α,β-unsaturated/α-hetero) is 2. The summed E-state index contributed by atoms with van der Waals surface area (Å²) in [6.07, 6.45) is 4.57. The zero-order chi connectivity index (χ0) is 29.2. The van der Waals surface area contributed by atoms with Gasteiger partial charge >= 0.3 is 0 Å². The van der Waals surface area contributed by atoms with Crippen LogP contribution in [0.2, 0.25) is 0 Å². The molecule has 0 saturated carbocycles. The molecule has 0 unspecified atom stereocenters. The van der Waals surface area contributed by atoms with Crippen LogP contribution in [0, 0.1) is 0 Å². The van der Waals surface area contributed by atoms with Crippen LogP contribution in [-0.4, -0.2) is 113 Å². The standard InChI is InChI=1S/C29H36N2O9/c1-3-30(9-13-39-15-11-32)19-5-7-21(23(34)17-19)25-27(36)26(29(38)28(25)37)22-8-6-20(18-24(22)35)31(4-2)10-14-40-16-12-33/h5-8,17-18,32-33H,3-4,9-16H2,1-2H3,(H2,34,35,36,37,38)/p+1. The Hall–Kier alpha value is -3.77. The molecule has 0 bridgehead atoms. The number of aliphatic hydroxyl groups is 4. The fraction of sp³-hybridized carbons (Fsp3) is 0.414. The van der Waals surface area contributed by atoms with Gasteiger partial charge in [-0.05, 0) is 32.1 Å². The summed E-state index contributed by atoms with van der Waals surface area (Å²) < 4.78 is 12.5. The van der Waals surface area contributed by atoms with Gasteiger partial charge in [0, 0.05) is 42.1 Å². The summed E-state index contributed by atoms with van der Waals surface area (Å²) in [6, 6.07) is 4.57. The smallest absolute Gasteiger partial charge is 0.238 e. The van der Waals surface area contributed by atoms with Gasteiger partial charge in [-0.2, -0.15) is 0 Å². The maximum atomic E-state index is 13.0. The number of phenols is 1. The molecule has 0 saturated heterocycles. The van der Waals surface area contributed by atoms with Crippen molar-refractivity contribution in [2.24, 2.45) is 0 Å². The molecule has 0 radical (unpaired) electrons. The Morgan fingerprint density at radius 1 is 0.875 bits per heavy atom. The third-order valence-corrected chi connectivity index (χ3v) is 6.61. The van der Waals surface area contributed by atoms with Gasteiger partial charge in [-0.25, -0.2) is 4.58 Å². The number of nitrogens with zero attached hydrogens (tertiary/aromatic N) is 2. The minimum atomic E-state index is -0.986. The molecule has 2 aliphatic carbocycles. The van der Waals surface area contributed by atoms with Gasteiger partial charge in [0.1, 0.15) is 30.4 Å². The first kappa shape index (κ1) is 30.8. The normalized spacial score (nSPS) is 18.6. The van der Waals surface area contributed by atoms with Crippen LogP contribution in [0.25, 0.3) is 5.57 Å². The number of phenolic OH excluding ortho intramolecular Hbond substituents is 1. The first-order valence-corrected chi connectivity index (χ1v) is 13.2. The largest absolute Gasteiger partial charge is 0.507 e. The van der Waals surface area contributed by atoms with E-state index in [0.29, 0.717) is 50.8 Å². The van der Waals surface area contributed by atoms with Crippen molar-refractivity contribution in [1.29, 1.82) is 0 Å². The van der Waals surface area contributed by atoms with Gasteiger partial charge in [-0.15, -0.1) is 0 Å². The van der Waals surface area contributed by atoms with Gasteiger partial charge < -0.3 is 39.9 Å². The number of ether oxygens (including phenoxy) is 2. The lowest BCUT2D eigenvalue weighted by atomic mass is 9.98. The zero-order valence-electron chi connectivity index (χ0n) is 22.8. The van der Waals surface area contributed by atoms with Crippen LogP contribution in [0.1, 0.15) is 19.4 Å². The molecular weight excluding hydrogens is 520 g/mol. The molecule has 2 aliphatic rings. The number of aliphatic hydroxyl groups excluding tert-OH is 4. The molecule has 216 valence electrons. The maximum Gasteiger partial charge on any atom is 0.238 e. The third-order valence-electron chi connectivity index (χ3n) is 6.61. The fourth-order valence-corrected chi connectivity index (χ4v) is 4.55. The highest BCUT2D eigenvalue weighted by atomic mass is 16.5. The van der Waals surface area contributed by atoms with E-state index >= 15 is 0 Å². The van der Waals surface area contributed by atoms with Crippen LogP contribution in [0.3, 0.4) is 0 Å². The highest BCUT2D eigenvalue weighted by Gasteiger charge is 2.41. The number of allylic oxidation sites excluding steroid dienone is 5. The molecule has 0 aliphatic heterocycles. The first-order valence-electron chi connectivity index (χ1n) is 13.2. The third kappa shape index (κ3) is 6.86. The quantitative estimate of drug-likeness (QED) is 0.0980. The summed E-state index contributed by atoms with van der Waals surface area (Å²) in [5.41, 5.74) is 0.619.